The maximum absolute atomic E-state index is 5.93. The van der Waals surface area contributed by atoms with E-state index in [1.54, 1.807) is 14.2 Å². The molecule has 4 heteroatoms. The van der Waals surface area contributed by atoms with Crippen LogP contribution in [-0.4, -0.2) is 50.6 Å². The van der Waals surface area contributed by atoms with Crippen molar-refractivity contribution >= 4 is 0 Å². The third-order valence-corrected chi connectivity index (χ3v) is 4.03. The highest BCUT2D eigenvalue weighted by molar-refractivity contribution is 4.93. The predicted octanol–water partition coefficient (Wildman–Crippen LogP) is 1.20. The number of rotatable bonds is 6. The van der Waals surface area contributed by atoms with Gasteiger partial charge in [-0.2, -0.15) is 0 Å². The second-order valence-electron chi connectivity index (χ2n) is 4.91. The Kier molecular flexibility index (Phi) is 5.18. The van der Waals surface area contributed by atoms with E-state index in [4.69, 9.17) is 15.2 Å². The zero-order valence-corrected chi connectivity index (χ0v) is 11.0. The van der Waals surface area contributed by atoms with Crippen LogP contribution < -0.4 is 5.73 Å². The van der Waals surface area contributed by atoms with E-state index in [0.717, 1.165) is 0 Å². The van der Waals surface area contributed by atoms with Crippen molar-refractivity contribution in [2.45, 2.75) is 50.5 Å². The summed E-state index contributed by atoms with van der Waals surface area (Å²) in [5.41, 5.74) is 5.67. The van der Waals surface area contributed by atoms with Crippen molar-refractivity contribution < 1.29 is 9.47 Å². The van der Waals surface area contributed by atoms with Gasteiger partial charge < -0.3 is 15.2 Å². The zero-order chi connectivity index (χ0) is 12.2. The first-order valence-corrected chi connectivity index (χ1v) is 6.08. The number of methoxy groups -OCH3 is 2. The Morgan fingerprint density at radius 3 is 2.19 bits per heavy atom. The first-order chi connectivity index (χ1) is 7.60. The van der Waals surface area contributed by atoms with E-state index in [1.807, 2.05) is 0 Å². The van der Waals surface area contributed by atoms with Crippen molar-refractivity contribution in [2.75, 3.05) is 27.8 Å². The molecule has 0 bridgehead atoms. The normalized spacial score (nSPS) is 21.9. The van der Waals surface area contributed by atoms with Crippen LogP contribution in [0.3, 0.4) is 0 Å². The number of likely N-dealkylation sites (N-methyl/N-ethyl adjacent to an activating group) is 1. The van der Waals surface area contributed by atoms with Gasteiger partial charge in [-0.3, -0.25) is 4.90 Å². The Hall–Kier alpha value is -0.160. The Morgan fingerprint density at radius 1 is 1.31 bits per heavy atom. The molecule has 1 rings (SSSR count). The topological polar surface area (TPSA) is 47.7 Å². The number of hydrogen-bond acceptors (Lipinski definition) is 4. The zero-order valence-electron chi connectivity index (χ0n) is 11.0. The maximum Gasteiger partial charge on any atom is 0.176 e. The lowest BCUT2D eigenvalue weighted by atomic mass is 9.96. The lowest BCUT2D eigenvalue weighted by molar-refractivity contribution is -0.183. The van der Waals surface area contributed by atoms with Crippen LogP contribution in [0, 0.1) is 0 Å². The monoisotopic (exact) mass is 230 g/mol. The van der Waals surface area contributed by atoms with Crippen LogP contribution in [0.15, 0.2) is 0 Å². The second kappa shape index (κ2) is 5.96. The van der Waals surface area contributed by atoms with Crippen LogP contribution >= 0.6 is 0 Å². The van der Waals surface area contributed by atoms with Crippen molar-refractivity contribution in [1.29, 1.82) is 0 Å². The lowest BCUT2D eigenvalue weighted by Gasteiger charge is -2.45. The molecule has 1 saturated carbocycles. The van der Waals surface area contributed by atoms with Crippen molar-refractivity contribution in [3.05, 3.63) is 0 Å². The first kappa shape index (κ1) is 13.9. The molecule has 1 fully saturated rings. The third-order valence-electron chi connectivity index (χ3n) is 4.03. The Labute approximate surface area is 99.1 Å². The first-order valence-electron chi connectivity index (χ1n) is 6.08. The van der Waals surface area contributed by atoms with E-state index in [0.29, 0.717) is 12.6 Å². The number of ether oxygens (including phenoxy) is 2. The van der Waals surface area contributed by atoms with Gasteiger partial charge >= 0.3 is 0 Å². The molecule has 1 unspecified atom stereocenters. The smallest absolute Gasteiger partial charge is 0.176 e. The second-order valence-corrected chi connectivity index (χ2v) is 4.91. The van der Waals surface area contributed by atoms with Gasteiger partial charge in [0.1, 0.15) is 0 Å². The molecule has 0 amide bonds. The van der Waals surface area contributed by atoms with E-state index in [-0.39, 0.29) is 11.8 Å². The minimum absolute atomic E-state index is 0.251. The Bertz CT molecular complexity index is 203. The molecule has 1 atom stereocenters. The number of nitrogens with zero attached hydrogens (tertiary/aromatic N) is 1. The molecule has 0 aromatic carbocycles. The van der Waals surface area contributed by atoms with Crippen molar-refractivity contribution in [3.8, 4) is 0 Å². The molecule has 0 heterocycles. The summed E-state index contributed by atoms with van der Waals surface area (Å²) in [6.45, 7) is 2.65. The highest BCUT2D eigenvalue weighted by Crippen LogP contribution is 2.30. The summed E-state index contributed by atoms with van der Waals surface area (Å²) in [4.78, 5) is 2.34. The summed E-state index contributed by atoms with van der Waals surface area (Å²) in [7, 11) is 5.48. The summed E-state index contributed by atoms with van der Waals surface area (Å²) in [6, 6.07) is 0.612. The van der Waals surface area contributed by atoms with Gasteiger partial charge in [-0.05, 0) is 26.8 Å². The van der Waals surface area contributed by atoms with Gasteiger partial charge in [0.2, 0.25) is 0 Å². The maximum atomic E-state index is 5.93. The molecule has 0 radical (unpaired) electrons. The standard InChI is InChI=1S/C12H26N2O2/c1-12(9-13,11(15-3)16-4)14(2)10-7-5-6-8-10/h10-11H,5-9,13H2,1-4H3. The lowest BCUT2D eigenvalue weighted by Crippen LogP contribution is -2.61. The van der Waals surface area contributed by atoms with Gasteiger partial charge in [0, 0.05) is 26.8 Å². The summed E-state index contributed by atoms with van der Waals surface area (Å²) >= 11 is 0. The molecule has 1 aliphatic rings. The average molecular weight is 230 g/mol. The van der Waals surface area contributed by atoms with E-state index in [2.05, 4.69) is 18.9 Å². The van der Waals surface area contributed by atoms with Gasteiger partial charge in [-0.1, -0.05) is 12.8 Å². The largest absolute Gasteiger partial charge is 0.354 e. The molecule has 0 aliphatic heterocycles. The summed E-state index contributed by atoms with van der Waals surface area (Å²) < 4.78 is 10.8. The minimum Gasteiger partial charge on any atom is -0.354 e. The van der Waals surface area contributed by atoms with E-state index in [9.17, 15) is 0 Å². The molecule has 96 valence electrons. The quantitative estimate of drug-likeness (QED) is 0.697. The molecule has 1 aliphatic carbocycles. The molecular formula is C12H26N2O2. The van der Waals surface area contributed by atoms with Crippen molar-refractivity contribution in [3.63, 3.8) is 0 Å². The fourth-order valence-corrected chi connectivity index (χ4v) is 2.72. The summed E-state index contributed by atoms with van der Waals surface area (Å²) in [5, 5.41) is 0. The minimum atomic E-state index is -0.275. The highest BCUT2D eigenvalue weighted by atomic mass is 16.7. The molecule has 0 aromatic heterocycles. The van der Waals surface area contributed by atoms with Gasteiger partial charge in [0.15, 0.2) is 6.29 Å². The van der Waals surface area contributed by atoms with Crippen molar-refractivity contribution in [2.24, 2.45) is 5.73 Å². The van der Waals surface area contributed by atoms with Gasteiger partial charge in [0.25, 0.3) is 0 Å². The van der Waals surface area contributed by atoms with Crippen LogP contribution in [0.5, 0.6) is 0 Å². The molecule has 4 nitrogen and oxygen atoms in total. The van der Waals surface area contributed by atoms with E-state index >= 15 is 0 Å². The number of nitrogens with two attached hydrogens (primary N) is 1. The molecule has 16 heavy (non-hydrogen) atoms. The molecule has 0 spiro atoms. The fourth-order valence-electron chi connectivity index (χ4n) is 2.72. The van der Waals surface area contributed by atoms with Crippen LogP contribution in [-0.2, 0) is 9.47 Å². The van der Waals surface area contributed by atoms with Gasteiger partial charge in [-0.25, -0.2) is 0 Å². The van der Waals surface area contributed by atoms with Crippen LogP contribution in [0.4, 0.5) is 0 Å². The third kappa shape index (κ3) is 2.56. The van der Waals surface area contributed by atoms with Crippen LogP contribution in [0.2, 0.25) is 0 Å². The molecule has 0 saturated heterocycles. The summed E-state index contributed by atoms with van der Waals surface area (Å²) in [6.07, 6.45) is 4.88. The Balaban J connectivity index is 2.76. The fraction of sp³-hybridized carbons (Fsp3) is 1.00. The number of hydrogen-bond donors (Lipinski definition) is 1. The Morgan fingerprint density at radius 2 is 1.81 bits per heavy atom. The molecular weight excluding hydrogens is 204 g/mol. The van der Waals surface area contributed by atoms with Crippen LogP contribution in [0.25, 0.3) is 0 Å². The molecule has 2 N–H and O–H groups in total. The van der Waals surface area contributed by atoms with Gasteiger partial charge in [-0.15, -0.1) is 0 Å². The highest BCUT2D eigenvalue weighted by Gasteiger charge is 2.41. The molecule has 0 aromatic rings. The van der Waals surface area contributed by atoms with E-state index in [1.165, 1.54) is 25.7 Å². The van der Waals surface area contributed by atoms with Crippen molar-refractivity contribution in [1.82, 2.24) is 4.90 Å². The van der Waals surface area contributed by atoms with Gasteiger partial charge in [0.05, 0.1) is 5.54 Å². The SMILES string of the molecule is COC(OC)C(C)(CN)N(C)C1CCCC1. The predicted molar refractivity (Wildman–Crippen MR) is 65.3 cm³/mol. The van der Waals surface area contributed by atoms with Crippen LogP contribution in [0.1, 0.15) is 32.6 Å². The average Bonchev–Trinajstić information content (AvgIpc) is 2.82. The van der Waals surface area contributed by atoms with E-state index < -0.39 is 0 Å². The summed E-state index contributed by atoms with van der Waals surface area (Å²) in [5.74, 6) is 0.